The van der Waals surface area contributed by atoms with E-state index < -0.39 is 5.97 Å². The van der Waals surface area contributed by atoms with Gasteiger partial charge in [-0.3, -0.25) is 0 Å². The lowest BCUT2D eigenvalue weighted by Crippen LogP contribution is -2.17. The maximum absolute atomic E-state index is 10.7. The van der Waals surface area contributed by atoms with E-state index in [2.05, 4.69) is 15.4 Å². The summed E-state index contributed by atoms with van der Waals surface area (Å²) in [6.07, 6.45) is 0.687. The molecule has 0 saturated heterocycles. The first-order valence-corrected chi connectivity index (χ1v) is 4.42. The molecule has 0 radical (unpaired) electrons. The number of aromatic carboxylic acids is 1. The van der Waals surface area contributed by atoms with Gasteiger partial charge < -0.3 is 10.8 Å². The van der Waals surface area contributed by atoms with E-state index in [9.17, 15) is 4.79 Å². The van der Waals surface area contributed by atoms with Gasteiger partial charge in [0, 0.05) is 0 Å². The molecule has 1 unspecified atom stereocenters. The van der Waals surface area contributed by atoms with Crippen LogP contribution in [0.4, 0.5) is 0 Å². The maximum atomic E-state index is 10.7. The van der Waals surface area contributed by atoms with Crippen molar-refractivity contribution in [3.63, 3.8) is 0 Å². The fraction of sp³-hybridized carbons (Fsp3) is 0.625. The molecule has 0 spiro atoms. The topological polar surface area (TPSA) is 105 Å². The fourth-order valence-electron chi connectivity index (χ4n) is 1.27. The highest BCUT2D eigenvalue weighted by Crippen LogP contribution is 2.18. The molecule has 1 aromatic heterocycles. The zero-order valence-corrected chi connectivity index (χ0v) is 8.19. The van der Waals surface area contributed by atoms with Gasteiger partial charge in [-0.1, -0.05) is 13.8 Å². The molecule has 6 nitrogen and oxygen atoms in total. The number of carboxylic acid groups (broad SMARTS) is 1. The molecule has 1 atom stereocenters. The van der Waals surface area contributed by atoms with E-state index >= 15 is 0 Å². The summed E-state index contributed by atoms with van der Waals surface area (Å²) >= 11 is 0. The second-order valence-corrected chi connectivity index (χ2v) is 3.60. The van der Waals surface area contributed by atoms with Gasteiger partial charge in [-0.2, -0.15) is 10.3 Å². The fourth-order valence-corrected chi connectivity index (χ4v) is 1.27. The summed E-state index contributed by atoms with van der Waals surface area (Å²) in [5, 5.41) is 18.3. The SMILES string of the molecule is CC(C)CC(N)c1n[nH]nc1C(=O)O. The quantitative estimate of drug-likeness (QED) is 0.655. The third kappa shape index (κ3) is 2.29. The van der Waals surface area contributed by atoms with E-state index in [-0.39, 0.29) is 11.7 Å². The molecule has 78 valence electrons. The van der Waals surface area contributed by atoms with Crippen LogP contribution in [0.3, 0.4) is 0 Å². The van der Waals surface area contributed by atoms with Crippen LogP contribution in [0.15, 0.2) is 0 Å². The van der Waals surface area contributed by atoms with E-state index in [1.807, 2.05) is 13.8 Å². The smallest absolute Gasteiger partial charge is 0.358 e. The number of carbonyl (C=O) groups is 1. The minimum atomic E-state index is -1.10. The van der Waals surface area contributed by atoms with Crippen LogP contribution in [0.1, 0.15) is 42.5 Å². The van der Waals surface area contributed by atoms with Crippen molar-refractivity contribution in [3.8, 4) is 0 Å². The Hall–Kier alpha value is -1.43. The molecule has 0 fully saturated rings. The lowest BCUT2D eigenvalue weighted by atomic mass is 10.0. The molecular weight excluding hydrogens is 184 g/mol. The van der Waals surface area contributed by atoms with Gasteiger partial charge in [-0.15, -0.1) is 5.10 Å². The molecule has 1 heterocycles. The van der Waals surface area contributed by atoms with Crippen LogP contribution in [0, 0.1) is 5.92 Å². The van der Waals surface area contributed by atoms with Crippen molar-refractivity contribution >= 4 is 5.97 Å². The van der Waals surface area contributed by atoms with Crippen LogP contribution in [-0.4, -0.2) is 26.5 Å². The van der Waals surface area contributed by atoms with Gasteiger partial charge in [-0.05, 0) is 12.3 Å². The minimum Gasteiger partial charge on any atom is -0.476 e. The van der Waals surface area contributed by atoms with Gasteiger partial charge >= 0.3 is 5.97 Å². The van der Waals surface area contributed by atoms with Crippen molar-refractivity contribution in [1.29, 1.82) is 0 Å². The zero-order valence-electron chi connectivity index (χ0n) is 8.19. The number of nitrogens with zero attached hydrogens (tertiary/aromatic N) is 2. The summed E-state index contributed by atoms with van der Waals surface area (Å²) in [6.45, 7) is 4.03. The number of hydrogen-bond acceptors (Lipinski definition) is 4. The average Bonchev–Trinajstić information content (AvgIpc) is 2.49. The number of carboxylic acids is 1. The van der Waals surface area contributed by atoms with Crippen molar-refractivity contribution in [2.24, 2.45) is 11.7 Å². The molecule has 0 amide bonds. The molecule has 0 aliphatic rings. The number of aromatic nitrogens is 3. The van der Waals surface area contributed by atoms with Crippen LogP contribution < -0.4 is 5.73 Å². The summed E-state index contributed by atoms with van der Waals surface area (Å²) in [7, 11) is 0. The highest BCUT2D eigenvalue weighted by Gasteiger charge is 2.21. The number of H-pyrrole nitrogens is 1. The third-order valence-electron chi connectivity index (χ3n) is 1.85. The molecular formula is C8H14N4O2. The van der Waals surface area contributed by atoms with Gasteiger partial charge in [0.05, 0.1) is 6.04 Å². The Bertz CT molecular complexity index is 321. The Morgan fingerprint density at radius 2 is 2.21 bits per heavy atom. The molecule has 14 heavy (non-hydrogen) atoms. The number of nitrogens with two attached hydrogens (primary N) is 1. The molecule has 0 aliphatic carbocycles. The van der Waals surface area contributed by atoms with Crippen LogP contribution in [0.2, 0.25) is 0 Å². The van der Waals surface area contributed by atoms with Crippen LogP contribution in [0.5, 0.6) is 0 Å². The van der Waals surface area contributed by atoms with Crippen LogP contribution in [-0.2, 0) is 0 Å². The highest BCUT2D eigenvalue weighted by molar-refractivity contribution is 5.86. The first-order valence-electron chi connectivity index (χ1n) is 4.42. The first kappa shape index (κ1) is 10.6. The van der Waals surface area contributed by atoms with Crippen molar-refractivity contribution in [1.82, 2.24) is 15.4 Å². The Morgan fingerprint density at radius 1 is 1.57 bits per heavy atom. The molecule has 0 saturated carbocycles. The third-order valence-corrected chi connectivity index (χ3v) is 1.85. The minimum absolute atomic E-state index is 0.0850. The Labute approximate surface area is 81.5 Å². The summed E-state index contributed by atoms with van der Waals surface area (Å²) in [4.78, 5) is 10.7. The highest BCUT2D eigenvalue weighted by atomic mass is 16.4. The van der Waals surface area contributed by atoms with Crippen molar-refractivity contribution in [2.75, 3.05) is 0 Å². The van der Waals surface area contributed by atoms with Gasteiger partial charge in [0.2, 0.25) is 0 Å². The predicted molar refractivity (Wildman–Crippen MR) is 49.7 cm³/mol. The van der Waals surface area contributed by atoms with E-state index in [4.69, 9.17) is 10.8 Å². The Balaban J connectivity index is 2.84. The number of nitrogens with one attached hydrogen (secondary N) is 1. The second kappa shape index (κ2) is 4.19. The van der Waals surface area contributed by atoms with E-state index in [0.29, 0.717) is 18.0 Å². The largest absolute Gasteiger partial charge is 0.476 e. The normalized spacial score (nSPS) is 13.1. The summed E-state index contributed by atoms with van der Waals surface area (Å²) in [5.41, 5.74) is 6.03. The standard InChI is InChI=1S/C8H14N4O2/c1-4(2)3-5(9)6-7(8(13)14)11-12-10-6/h4-5H,3,9H2,1-2H3,(H,13,14)(H,10,11,12). The van der Waals surface area contributed by atoms with Crippen molar-refractivity contribution in [3.05, 3.63) is 11.4 Å². The van der Waals surface area contributed by atoms with Crippen LogP contribution in [0.25, 0.3) is 0 Å². The summed E-state index contributed by atoms with van der Waals surface area (Å²) in [6, 6.07) is -0.375. The van der Waals surface area contributed by atoms with E-state index in [0.717, 1.165) is 0 Å². The average molecular weight is 198 g/mol. The van der Waals surface area contributed by atoms with Crippen molar-refractivity contribution < 1.29 is 9.90 Å². The Morgan fingerprint density at radius 3 is 2.71 bits per heavy atom. The van der Waals surface area contributed by atoms with Gasteiger partial charge in [0.25, 0.3) is 0 Å². The van der Waals surface area contributed by atoms with Crippen LogP contribution >= 0.6 is 0 Å². The molecule has 1 aromatic rings. The zero-order chi connectivity index (χ0) is 10.7. The number of aromatic amines is 1. The molecule has 4 N–H and O–H groups in total. The lowest BCUT2D eigenvalue weighted by Gasteiger charge is -2.11. The summed E-state index contributed by atoms with van der Waals surface area (Å²) in [5.74, 6) is -0.712. The number of hydrogen-bond donors (Lipinski definition) is 3. The molecule has 0 aliphatic heterocycles. The molecule has 0 bridgehead atoms. The van der Waals surface area contributed by atoms with Crippen molar-refractivity contribution in [2.45, 2.75) is 26.3 Å². The van der Waals surface area contributed by atoms with E-state index in [1.165, 1.54) is 0 Å². The maximum Gasteiger partial charge on any atom is 0.358 e. The predicted octanol–water partition coefficient (Wildman–Crippen LogP) is 0.549. The van der Waals surface area contributed by atoms with Gasteiger partial charge in [0.1, 0.15) is 5.69 Å². The molecule has 1 rings (SSSR count). The molecule has 0 aromatic carbocycles. The monoisotopic (exact) mass is 198 g/mol. The van der Waals surface area contributed by atoms with Gasteiger partial charge in [0.15, 0.2) is 5.69 Å². The first-order chi connectivity index (χ1) is 6.52. The van der Waals surface area contributed by atoms with E-state index in [1.54, 1.807) is 0 Å². The Kier molecular flexibility index (Phi) is 3.19. The summed E-state index contributed by atoms with van der Waals surface area (Å²) < 4.78 is 0. The lowest BCUT2D eigenvalue weighted by molar-refractivity contribution is 0.0688. The second-order valence-electron chi connectivity index (χ2n) is 3.60. The molecule has 6 heteroatoms. The number of rotatable bonds is 4. The van der Waals surface area contributed by atoms with Gasteiger partial charge in [-0.25, -0.2) is 4.79 Å².